The van der Waals surface area contributed by atoms with Crippen LogP contribution in [0.5, 0.6) is 5.75 Å². The molecular weight excluding hydrogens is 1440 g/mol. The first kappa shape index (κ1) is 86.0. The van der Waals surface area contributed by atoms with Gasteiger partial charge in [0.25, 0.3) is 18.3 Å². The van der Waals surface area contributed by atoms with Gasteiger partial charge in [-0.05, 0) is 118 Å². The molecule has 8 aromatic rings. The number of nitrogens with one attached hydrogen (secondary N) is 2. The first-order valence-electron chi connectivity index (χ1n) is 35.5. The molecule has 0 radical (unpaired) electrons. The van der Waals surface area contributed by atoms with Crippen LogP contribution in [0.2, 0.25) is 0 Å². The van der Waals surface area contributed by atoms with Crippen molar-refractivity contribution in [1.82, 2.24) is 34.6 Å². The van der Waals surface area contributed by atoms with Crippen LogP contribution in [0.3, 0.4) is 0 Å². The van der Waals surface area contributed by atoms with Gasteiger partial charge in [0.05, 0.1) is 23.0 Å². The van der Waals surface area contributed by atoms with Crippen molar-refractivity contribution in [3.05, 3.63) is 243 Å². The molecule has 5 amide bonds. The molecule has 0 saturated carbocycles. The fraction of sp³-hybridized carbons (Fsp3) is 0.373. The van der Waals surface area contributed by atoms with Gasteiger partial charge in [-0.3, -0.25) is 43.5 Å². The molecule has 7 aliphatic rings. The van der Waals surface area contributed by atoms with Gasteiger partial charge < -0.3 is 63.8 Å². The number of Topliss-reactive ketones (excluding diaryl/α,β-unsaturated/α-hetero) is 1. The Morgan fingerprint density at radius 3 is 1.44 bits per heavy atom. The quantitative estimate of drug-likeness (QED) is 0.0729. The number of likely N-dealkylation sites (tertiary alicyclic amines) is 3. The van der Waals surface area contributed by atoms with Crippen molar-refractivity contribution in [1.29, 1.82) is 0 Å². The number of carbonyl (C=O) groups excluding carboxylic acids is 8. The van der Waals surface area contributed by atoms with E-state index >= 15 is 0 Å². The summed E-state index contributed by atoms with van der Waals surface area (Å²) in [4.78, 5) is 119. The highest BCUT2D eigenvalue weighted by atomic mass is 35.5. The summed E-state index contributed by atoms with van der Waals surface area (Å²) in [7, 11) is 0. The molecule has 2 spiro atoms. The second-order valence-electron chi connectivity index (χ2n) is 28.1. The Morgan fingerprint density at radius 2 is 1.00 bits per heavy atom. The topological polar surface area (TPSA) is 309 Å². The number of benzene rings is 4. The number of quaternary nitrogens is 2. The largest absolute Gasteiger partial charge is 1.00 e. The fourth-order valence-electron chi connectivity index (χ4n) is 16.1. The number of rotatable bonds is 12. The number of aromatic carboxylic acids is 1. The number of anilines is 2. The smallest absolute Gasteiger partial charge is 0.406 e. The number of alkyl halides is 3. The van der Waals surface area contributed by atoms with Crippen LogP contribution < -0.4 is 44.4 Å². The first-order valence-corrected chi connectivity index (χ1v) is 35.5. The number of hydrogen-bond donors (Lipinski definition) is 4. The van der Waals surface area contributed by atoms with Crippen molar-refractivity contribution < 1.29 is 85.2 Å². The van der Waals surface area contributed by atoms with Gasteiger partial charge in [-0.1, -0.05) is 148 Å². The SMILES string of the molecule is C.C.CCN1C(=O)[C@@H](CC(=O)c2cnc3c(c2)C[C@@]2(C3)C(=O)Nc3ncccc32)C[C@@H](c2ccccc2)[C@H]1C.CCN1C(=O)[C@@H]([NH3+])C[C@@H](c2ccccc2)[C@H]1C.C[C@@H]1[C@H](c2ccccc2)C[C@H]([NH3+])C(=O)N1CC(F)(F)F.Cc1ccc(C(=O)[O-])cc1.Cl.O=COc1cnc2c(c1)C[C@@]1(C2)C(=O)Nc2ncccc21.[Cl-]. The van der Waals surface area contributed by atoms with E-state index in [1.807, 2.05) is 116 Å². The summed E-state index contributed by atoms with van der Waals surface area (Å²) in [5.41, 5.74) is 16.9. The molecule has 15 rings (SSSR count). The lowest BCUT2D eigenvalue weighted by atomic mass is 9.77. The Bertz CT molecular complexity index is 4530. The summed E-state index contributed by atoms with van der Waals surface area (Å²) in [6.07, 6.45) is 6.26. The Hall–Kier alpha value is -10.3. The van der Waals surface area contributed by atoms with Gasteiger partial charge in [0.2, 0.25) is 17.7 Å². The molecule has 3 fully saturated rings. The van der Waals surface area contributed by atoms with Gasteiger partial charge in [0.1, 0.15) is 23.9 Å². The number of ketones is 1. The monoisotopic (exact) mass is 1530 g/mol. The molecule has 4 aromatic heterocycles. The summed E-state index contributed by atoms with van der Waals surface area (Å²) in [6.45, 7) is 12.4. The van der Waals surface area contributed by atoms with Crippen molar-refractivity contribution in [2.24, 2.45) is 5.92 Å². The molecule has 109 heavy (non-hydrogen) atoms. The molecule has 2 aliphatic carbocycles. The van der Waals surface area contributed by atoms with E-state index in [-0.39, 0.29) is 117 Å². The minimum absolute atomic E-state index is 0. The number of aromatic nitrogens is 4. The third-order valence-electron chi connectivity index (χ3n) is 21.7. The Labute approximate surface area is 646 Å². The van der Waals surface area contributed by atoms with Crippen LogP contribution in [-0.2, 0) is 65.3 Å². The van der Waals surface area contributed by atoms with Gasteiger partial charge in [0.15, 0.2) is 17.9 Å². The van der Waals surface area contributed by atoms with Crippen LogP contribution in [0.25, 0.3) is 0 Å². The summed E-state index contributed by atoms with van der Waals surface area (Å²) >= 11 is 0. The second-order valence-corrected chi connectivity index (χ2v) is 28.1. The van der Waals surface area contributed by atoms with Gasteiger partial charge in [0, 0.05) is 134 Å². The van der Waals surface area contributed by atoms with E-state index in [1.54, 1.807) is 43.7 Å². The zero-order valence-electron chi connectivity index (χ0n) is 60.3. The number of carboxylic acids is 1. The summed E-state index contributed by atoms with van der Waals surface area (Å²) in [6, 6.07) is 46.9. The maximum atomic E-state index is 13.5. The average Bonchev–Trinajstić information content (AvgIpc) is 1.58. The maximum absolute atomic E-state index is 13.5. The molecule has 9 heterocycles. The lowest BCUT2D eigenvalue weighted by Gasteiger charge is -2.42. The van der Waals surface area contributed by atoms with Crippen LogP contribution in [0, 0.1) is 12.8 Å². The summed E-state index contributed by atoms with van der Waals surface area (Å²) in [5, 5.41) is 15.9. The number of carbonyl (C=O) groups is 8. The van der Waals surface area contributed by atoms with E-state index in [4.69, 9.17) is 4.74 Å². The molecule has 0 bridgehead atoms. The van der Waals surface area contributed by atoms with Gasteiger partial charge >= 0.3 is 6.18 Å². The Morgan fingerprint density at radius 1 is 0.578 bits per heavy atom. The highest BCUT2D eigenvalue weighted by molar-refractivity contribution is 6.07. The number of aryl methyl sites for hydroxylation is 1. The number of nitrogens with zero attached hydrogens (tertiary/aromatic N) is 7. The van der Waals surface area contributed by atoms with E-state index in [0.717, 1.165) is 62.6 Å². The lowest BCUT2D eigenvalue weighted by Crippen LogP contribution is -3.00. The predicted octanol–water partition coefficient (Wildman–Crippen LogP) is 6.72. The van der Waals surface area contributed by atoms with E-state index in [1.165, 1.54) is 29.5 Å². The predicted molar refractivity (Wildman–Crippen MR) is 403 cm³/mol. The maximum Gasteiger partial charge on any atom is 0.406 e. The molecule has 0 unspecified atom stereocenters. The van der Waals surface area contributed by atoms with Crippen molar-refractivity contribution in [3.63, 3.8) is 0 Å². The molecule has 21 nitrogen and oxygen atoms in total. The number of pyridine rings is 4. The van der Waals surface area contributed by atoms with Crippen LogP contribution in [0.15, 0.2) is 176 Å². The minimum atomic E-state index is -4.39. The number of carboxylic acid groups (broad SMARTS) is 1. The normalized spacial score (nSPS) is 23.6. The van der Waals surface area contributed by atoms with Crippen LogP contribution >= 0.6 is 12.4 Å². The van der Waals surface area contributed by atoms with Gasteiger partial charge in [-0.25, -0.2) is 9.97 Å². The standard InChI is InChI=1S/C30H30N4O3.C15H11N3O3.C14H17F3N2O.C14H20N2O.C8H8O2.2CH4.2ClH/c1-3-34-18(2)23(19-8-5-4-6-9-19)13-20(28(34)36)14-26(35)22-12-21-15-30(16-25(21)32-17-22)24-10-7-11-31-27(24)33-29(30)37;19-8-21-10-4-9-5-15(6-12(9)17-7-10)11-2-1-3-16-13(11)18-14(15)20;1-9-11(10-5-3-2-4-6-10)7-12(18)13(20)19(9)8-14(15,16)17;1-3-16-10(2)12(9-13(15)14(16)17)11-7-5-4-6-8-11;1-6-2-4-7(5-3-6)8(9)10;;;;/h4-12,17-18,20,23H,3,13-16H2,1-2H3,(H,31,33,37);1-4,7-8H,5-6H2,(H,16,18,20);2-6,9,11-12H,7-8,18H2,1H3;4-8,10,12-13H,3,9,15H2,1-2H3;2-5H,1H3,(H,9,10);2*1H4;2*1H/t18-,20-,23-,30+;15-;9-,11-,12+;10-,12-,13+;;;;;/m1011...../s1. The highest BCUT2D eigenvalue weighted by Gasteiger charge is 2.54. The first-order chi connectivity index (χ1) is 50.3. The number of ether oxygens (including phenoxy) is 1. The van der Waals surface area contributed by atoms with E-state index in [2.05, 4.69) is 92.3 Å². The van der Waals surface area contributed by atoms with E-state index in [9.17, 15) is 56.6 Å². The van der Waals surface area contributed by atoms with Gasteiger partial charge in [-0.2, -0.15) is 13.2 Å². The summed E-state index contributed by atoms with van der Waals surface area (Å²) in [5.74, 6) is 0.161. The van der Waals surface area contributed by atoms with Gasteiger partial charge in [-0.15, -0.1) is 12.4 Å². The van der Waals surface area contributed by atoms with Crippen molar-refractivity contribution >= 4 is 71.8 Å². The highest BCUT2D eigenvalue weighted by Crippen LogP contribution is 2.48. The second kappa shape index (κ2) is 36.8. The Balaban J connectivity index is 0.000000200. The number of fused-ring (bicyclic) bond motifs is 6. The van der Waals surface area contributed by atoms with Crippen LogP contribution in [0.4, 0.5) is 24.8 Å². The van der Waals surface area contributed by atoms with Crippen molar-refractivity contribution in [2.75, 3.05) is 30.3 Å². The number of amides is 5. The molecular formula is C83H96Cl2F3N11O10. The van der Waals surface area contributed by atoms with Crippen molar-refractivity contribution in [2.45, 2.75) is 173 Å². The Kier molecular flexibility index (Phi) is 29.0. The van der Waals surface area contributed by atoms with E-state index < -0.39 is 47.5 Å². The molecule has 3 saturated heterocycles. The molecule has 8 N–H and O–H groups in total. The van der Waals surface area contributed by atoms with E-state index in [0.29, 0.717) is 80.4 Å². The molecule has 11 atom stereocenters. The number of hydrogen-bond acceptors (Lipinski definition) is 14. The zero-order chi connectivity index (χ0) is 75.1. The number of likely N-dealkylation sites (N-methyl/N-ethyl adjacent to an activating group) is 2. The molecule has 578 valence electrons. The molecule has 5 aliphatic heterocycles. The molecule has 4 aromatic carbocycles. The minimum Gasteiger partial charge on any atom is -1.00 e. The van der Waals surface area contributed by atoms with Crippen molar-refractivity contribution in [3.8, 4) is 5.75 Å². The number of piperidine rings is 3. The van der Waals surface area contributed by atoms with Crippen LogP contribution in [-0.4, -0.2) is 138 Å². The third kappa shape index (κ3) is 18.6. The lowest BCUT2D eigenvalue weighted by molar-refractivity contribution is -0.412. The third-order valence-corrected chi connectivity index (χ3v) is 21.7. The number of halogens is 5. The van der Waals surface area contributed by atoms with Crippen LogP contribution in [0.1, 0.15) is 170 Å². The molecule has 26 heteroatoms. The summed E-state index contributed by atoms with van der Waals surface area (Å²) < 4.78 is 42.7. The zero-order valence-corrected chi connectivity index (χ0v) is 61.9. The fourth-order valence-corrected chi connectivity index (χ4v) is 16.1. The average molecular weight is 1540 g/mol.